The molecule has 0 aromatic heterocycles. The number of hydrogen-bond donors (Lipinski definition) is 1. The van der Waals surface area contributed by atoms with E-state index in [4.69, 9.17) is 0 Å². The highest BCUT2D eigenvalue weighted by atomic mass is 16.3. The molecule has 1 aliphatic rings. The van der Waals surface area contributed by atoms with Crippen LogP contribution in [0.5, 0.6) is 0 Å². The molecule has 1 aromatic carbocycles. The van der Waals surface area contributed by atoms with Gasteiger partial charge in [-0.05, 0) is 43.2 Å². The molecule has 2 unspecified atom stereocenters. The van der Waals surface area contributed by atoms with Gasteiger partial charge in [0.2, 0.25) is 0 Å². The minimum Gasteiger partial charge on any atom is -0.392 e. The molecule has 1 saturated carbocycles. The first-order valence-corrected chi connectivity index (χ1v) is 7.89. The van der Waals surface area contributed by atoms with Crippen molar-refractivity contribution in [2.24, 2.45) is 11.3 Å². The lowest BCUT2D eigenvalue weighted by Gasteiger charge is -2.42. The van der Waals surface area contributed by atoms with Crippen LogP contribution < -0.4 is 0 Å². The number of aliphatic hydroxyl groups excluding tert-OH is 1. The van der Waals surface area contributed by atoms with E-state index in [-0.39, 0.29) is 11.5 Å². The van der Waals surface area contributed by atoms with Crippen molar-refractivity contribution in [3.05, 3.63) is 35.9 Å². The summed E-state index contributed by atoms with van der Waals surface area (Å²) in [4.78, 5) is 2.38. The maximum absolute atomic E-state index is 10.5. The molecule has 0 radical (unpaired) electrons. The van der Waals surface area contributed by atoms with Gasteiger partial charge >= 0.3 is 0 Å². The number of nitrogens with zero attached hydrogens (tertiary/aromatic N) is 1. The lowest BCUT2D eigenvalue weighted by molar-refractivity contribution is -0.0407. The third-order valence-corrected chi connectivity index (χ3v) is 4.81. The molecule has 20 heavy (non-hydrogen) atoms. The van der Waals surface area contributed by atoms with E-state index in [1.807, 2.05) is 0 Å². The molecule has 0 spiro atoms. The third-order valence-electron chi connectivity index (χ3n) is 4.81. The zero-order valence-electron chi connectivity index (χ0n) is 13.2. The van der Waals surface area contributed by atoms with Gasteiger partial charge in [0.1, 0.15) is 0 Å². The van der Waals surface area contributed by atoms with Crippen molar-refractivity contribution in [3.8, 4) is 0 Å². The van der Waals surface area contributed by atoms with Crippen LogP contribution >= 0.6 is 0 Å². The van der Waals surface area contributed by atoms with E-state index in [2.05, 4.69) is 56.1 Å². The van der Waals surface area contributed by atoms with Crippen molar-refractivity contribution >= 4 is 0 Å². The van der Waals surface area contributed by atoms with E-state index in [0.29, 0.717) is 5.92 Å². The molecule has 1 aromatic rings. The summed E-state index contributed by atoms with van der Waals surface area (Å²) in [6.07, 6.45) is 4.50. The van der Waals surface area contributed by atoms with E-state index in [1.54, 1.807) is 0 Å². The average Bonchev–Trinajstić information content (AvgIpc) is 2.43. The molecule has 1 fully saturated rings. The van der Waals surface area contributed by atoms with E-state index in [9.17, 15) is 5.11 Å². The summed E-state index contributed by atoms with van der Waals surface area (Å²) < 4.78 is 0. The SMILES string of the molecule is CN(CCc1ccccc1)CC1CCCC(C)(C)C1O. The normalized spacial score (nSPS) is 25.9. The van der Waals surface area contributed by atoms with Crippen LogP contribution in [-0.4, -0.2) is 36.2 Å². The zero-order chi connectivity index (χ0) is 14.6. The van der Waals surface area contributed by atoms with Crippen LogP contribution in [0.25, 0.3) is 0 Å². The van der Waals surface area contributed by atoms with Crippen LogP contribution in [0, 0.1) is 11.3 Å². The predicted molar refractivity (Wildman–Crippen MR) is 84.8 cm³/mol. The fourth-order valence-electron chi connectivity index (χ4n) is 3.41. The molecule has 112 valence electrons. The minimum atomic E-state index is -0.157. The second-order valence-corrected chi connectivity index (χ2v) is 7.08. The van der Waals surface area contributed by atoms with Crippen LogP contribution in [0.15, 0.2) is 30.3 Å². The number of rotatable bonds is 5. The van der Waals surface area contributed by atoms with E-state index < -0.39 is 0 Å². The molecule has 2 heteroatoms. The molecule has 2 nitrogen and oxygen atoms in total. The summed E-state index contributed by atoms with van der Waals surface area (Å²) in [6, 6.07) is 10.6. The van der Waals surface area contributed by atoms with Gasteiger partial charge < -0.3 is 10.0 Å². The number of benzene rings is 1. The minimum absolute atomic E-state index is 0.0865. The first-order chi connectivity index (χ1) is 9.49. The highest BCUT2D eigenvalue weighted by Gasteiger charge is 2.37. The molecule has 0 bridgehead atoms. The largest absolute Gasteiger partial charge is 0.392 e. The first kappa shape index (κ1) is 15.5. The predicted octanol–water partition coefficient (Wildman–Crippen LogP) is 3.35. The topological polar surface area (TPSA) is 23.5 Å². The fraction of sp³-hybridized carbons (Fsp3) is 0.667. The molecular weight excluding hydrogens is 246 g/mol. The van der Waals surface area contributed by atoms with Gasteiger partial charge in [-0.25, -0.2) is 0 Å². The molecule has 1 aliphatic carbocycles. The summed E-state index contributed by atoms with van der Waals surface area (Å²) >= 11 is 0. The molecule has 0 amide bonds. The Balaban J connectivity index is 1.80. The van der Waals surface area contributed by atoms with Gasteiger partial charge in [-0.2, -0.15) is 0 Å². The maximum Gasteiger partial charge on any atom is 0.0631 e. The van der Waals surface area contributed by atoms with Gasteiger partial charge in [-0.3, -0.25) is 0 Å². The molecule has 1 N–H and O–H groups in total. The van der Waals surface area contributed by atoms with Gasteiger partial charge in [0.15, 0.2) is 0 Å². The fourth-order valence-corrected chi connectivity index (χ4v) is 3.41. The molecule has 2 rings (SSSR count). The van der Waals surface area contributed by atoms with Crippen molar-refractivity contribution in [3.63, 3.8) is 0 Å². The van der Waals surface area contributed by atoms with Crippen LogP contribution in [0.4, 0.5) is 0 Å². The second kappa shape index (κ2) is 6.73. The van der Waals surface area contributed by atoms with Crippen LogP contribution in [0.3, 0.4) is 0 Å². The van der Waals surface area contributed by atoms with Gasteiger partial charge in [0.25, 0.3) is 0 Å². The Morgan fingerprint density at radius 2 is 1.95 bits per heavy atom. The van der Waals surface area contributed by atoms with Crippen molar-refractivity contribution in [2.45, 2.75) is 45.6 Å². The standard InChI is InChI=1S/C18H29NO/c1-18(2)12-7-10-16(17(18)20)14-19(3)13-11-15-8-5-4-6-9-15/h4-6,8-9,16-17,20H,7,10-14H2,1-3H3. The quantitative estimate of drug-likeness (QED) is 0.891. The Bertz CT molecular complexity index is 401. The summed E-state index contributed by atoms with van der Waals surface area (Å²) in [5.41, 5.74) is 1.48. The molecule has 0 saturated heterocycles. The Hall–Kier alpha value is -0.860. The highest BCUT2D eigenvalue weighted by Crippen LogP contribution is 2.39. The van der Waals surface area contributed by atoms with Gasteiger partial charge in [0.05, 0.1) is 6.10 Å². The Morgan fingerprint density at radius 1 is 1.25 bits per heavy atom. The summed E-state index contributed by atoms with van der Waals surface area (Å²) in [5, 5.41) is 10.5. The molecular formula is C18H29NO. The first-order valence-electron chi connectivity index (χ1n) is 7.89. The van der Waals surface area contributed by atoms with Crippen molar-refractivity contribution < 1.29 is 5.11 Å². The molecule has 0 heterocycles. The van der Waals surface area contributed by atoms with Crippen molar-refractivity contribution in [1.82, 2.24) is 4.90 Å². The summed E-state index contributed by atoms with van der Waals surface area (Å²) in [7, 11) is 2.18. The lowest BCUT2D eigenvalue weighted by Crippen LogP contribution is -2.44. The second-order valence-electron chi connectivity index (χ2n) is 7.08. The van der Waals surface area contributed by atoms with Crippen molar-refractivity contribution in [1.29, 1.82) is 0 Å². The smallest absolute Gasteiger partial charge is 0.0631 e. The summed E-state index contributed by atoms with van der Waals surface area (Å²) in [6.45, 7) is 6.48. The van der Waals surface area contributed by atoms with Crippen LogP contribution in [0.2, 0.25) is 0 Å². The van der Waals surface area contributed by atoms with Crippen LogP contribution in [-0.2, 0) is 6.42 Å². The Labute approximate surface area is 123 Å². The van der Waals surface area contributed by atoms with Gasteiger partial charge in [-0.1, -0.05) is 50.6 Å². The van der Waals surface area contributed by atoms with Crippen LogP contribution in [0.1, 0.15) is 38.7 Å². The van der Waals surface area contributed by atoms with Gasteiger partial charge in [-0.15, -0.1) is 0 Å². The lowest BCUT2D eigenvalue weighted by atomic mass is 9.69. The number of hydrogen-bond acceptors (Lipinski definition) is 2. The molecule has 0 aliphatic heterocycles. The molecule has 2 atom stereocenters. The Kier molecular flexibility index (Phi) is 5.22. The number of aliphatic hydroxyl groups is 1. The monoisotopic (exact) mass is 275 g/mol. The third kappa shape index (κ3) is 4.07. The van der Waals surface area contributed by atoms with Gasteiger partial charge in [0, 0.05) is 13.1 Å². The number of likely N-dealkylation sites (N-methyl/N-ethyl adjacent to an activating group) is 1. The van der Waals surface area contributed by atoms with Crippen molar-refractivity contribution in [2.75, 3.05) is 20.1 Å². The van der Waals surface area contributed by atoms with E-state index >= 15 is 0 Å². The van der Waals surface area contributed by atoms with E-state index in [1.165, 1.54) is 18.4 Å². The van der Waals surface area contributed by atoms with E-state index in [0.717, 1.165) is 25.9 Å². The summed E-state index contributed by atoms with van der Waals surface area (Å²) in [5.74, 6) is 0.430. The maximum atomic E-state index is 10.5. The average molecular weight is 275 g/mol. The zero-order valence-corrected chi connectivity index (χ0v) is 13.2. The highest BCUT2D eigenvalue weighted by molar-refractivity contribution is 5.14. The Morgan fingerprint density at radius 3 is 2.65 bits per heavy atom.